The van der Waals surface area contributed by atoms with Gasteiger partial charge in [0.05, 0.1) is 11.5 Å². The molecule has 4 atom stereocenters. The van der Waals surface area contributed by atoms with Crippen molar-refractivity contribution in [1.82, 2.24) is 0 Å². The first-order valence-corrected chi connectivity index (χ1v) is 9.24. The van der Waals surface area contributed by atoms with Gasteiger partial charge in [-0.25, -0.2) is 8.42 Å². The largest absolute Gasteiger partial charge is 0.349 e. The van der Waals surface area contributed by atoms with E-state index in [9.17, 15) is 8.42 Å². The molecule has 7 heteroatoms. The zero-order chi connectivity index (χ0) is 16.3. The highest BCUT2D eigenvalue weighted by Gasteiger charge is 2.37. The van der Waals surface area contributed by atoms with Gasteiger partial charge in [-0.1, -0.05) is 24.3 Å². The van der Waals surface area contributed by atoms with Gasteiger partial charge in [0, 0.05) is 6.61 Å². The molecule has 2 heterocycles. The lowest BCUT2D eigenvalue weighted by molar-refractivity contribution is -0.272. The lowest BCUT2D eigenvalue weighted by atomic mass is 10.1. The third kappa shape index (κ3) is 3.99. The fraction of sp³-hybridized carbons (Fsp3) is 0.500. The standard InChI is InChI=1S/C16H20O6S/c1-2-19-15-9-8-13-14(22-15)10-20-16(21-13)11-23(17,18)12-6-4-3-5-7-12/h3-9,13-16H,2,10-11H2,1H3/t13-,14+,15-,16+/m0/s1. The molecule has 23 heavy (non-hydrogen) atoms. The number of hydrogen-bond donors (Lipinski definition) is 0. The summed E-state index contributed by atoms with van der Waals surface area (Å²) in [4.78, 5) is 0.265. The zero-order valence-electron chi connectivity index (χ0n) is 12.8. The van der Waals surface area contributed by atoms with Gasteiger partial charge in [0.25, 0.3) is 0 Å². The summed E-state index contributed by atoms with van der Waals surface area (Å²) in [5, 5.41) is 0. The van der Waals surface area contributed by atoms with Crippen molar-refractivity contribution in [2.75, 3.05) is 19.0 Å². The molecular weight excluding hydrogens is 320 g/mol. The van der Waals surface area contributed by atoms with E-state index in [0.717, 1.165) is 0 Å². The monoisotopic (exact) mass is 340 g/mol. The molecule has 1 saturated heterocycles. The molecule has 1 aromatic rings. The highest BCUT2D eigenvalue weighted by atomic mass is 32.2. The van der Waals surface area contributed by atoms with E-state index in [1.807, 2.05) is 13.0 Å². The van der Waals surface area contributed by atoms with Gasteiger partial charge in [0.1, 0.15) is 18.0 Å². The molecule has 0 N–H and O–H groups in total. The highest BCUT2D eigenvalue weighted by Crippen LogP contribution is 2.25. The van der Waals surface area contributed by atoms with Crippen LogP contribution < -0.4 is 0 Å². The molecule has 6 nitrogen and oxygen atoms in total. The smallest absolute Gasteiger partial charge is 0.183 e. The normalized spacial score (nSPS) is 30.8. The summed E-state index contributed by atoms with van der Waals surface area (Å²) in [6, 6.07) is 8.29. The van der Waals surface area contributed by atoms with E-state index in [1.54, 1.807) is 36.4 Å². The molecule has 0 amide bonds. The van der Waals surface area contributed by atoms with Crippen LogP contribution in [0.2, 0.25) is 0 Å². The topological polar surface area (TPSA) is 71.1 Å². The Bertz CT molecular complexity index is 642. The molecule has 0 spiro atoms. The van der Waals surface area contributed by atoms with Crippen LogP contribution in [0.3, 0.4) is 0 Å². The van der Waals surface area contributed by atoms with Crippen LogP contribution >= 0.6 is 0 Å². The summed E-state index contributed by atoms with van der Waals surface area (Å²) in [6.45, 7) is 2.71. The minimum atomic E-state index is -3.46. The van der Waals surface area contributed by atoms with Gasteiger partial charge in [-0.3, -0.25) is 0 Å². The number of ether oxygens (including phenoxy) is 4. The van der Waals surface area contributed by atoms with Crippen molar-refractivity contribution >= 4 is 9.84 Å². The molecule has 0 unspecified atom stereocenters. The van der Waals surface area contributed by atoms with Crippen molar-refractivity contribution in [3.05, 3.63) is 42.5 Å². The molecule has 0 radical (unpaired) electrons. The molecule has 1 fully saturated rings. The van der Waals surface area contributed by atoms with Crippen molar-refractivity contribution in [3.63, 3.8) is 0 Å². The maximum absolute atomic E-state index is 12.4. The first-order chi connectivity index (χ1) is 11.1. The van der Waals surface area contributed by atoms with Crippen molar-refractivity contribution < 1.29 is 27.4 Å². The summed E-state index contributed by atoms with van der Waals surface area (Å²) in [5.74, 6) is -0.219. The van der Waals surface area contributed by atoms with E-state index in [0.29, 0.717) is 6.61 Å². The predicted molar refractivity (Wildman–Crippen MR) is 82.5 cm³/mol. The maximum Gasteiger partial charge on any atom is 0.183 e. The number of benzene rings is 1. The van der Waals surface area contributed by atoms with Gasteiger partial charge in [-0.15, -0.1) is 0 Å². The van der Waals surface area contributed by atoms with Crippen LogP contribution in [0.5, 0.6) is 0 Å². The predicted octanol–water partition coefficient (Wildman–Crippen LogP) is 1.52. The Labute approximate surface area is 135 Å². The molecule has 0 saturated carbocycles. The van der Waals surface area contributed by atoms with E-state index >= 15 is 0 Å². The van der Waals surface area contributed by atoms with Gasteiger partial charge < -0.3 is 18.9 Å². The Morgan fingerprint density at radius 1 is 1.17 bits per heavy atom. The highest BCUT2D eigenvalue weighted by molar-refractivity contribution is 7.91. The van der Waals surface area contributed by atoms with Gasteiger partial charge in [0.15, 0.2) is 22.4 Å². The summed E-state index contributed by atoms with van der Waals surface area (Å²) in [6.07, 6.45) is 1.80. The Morgan fingerprint density at radius 2 is 1.96 bits per heavy atom. The fourth-order valence-electron chi connectivity index (χ4n) is 2.55. The average Bonchev–Trinajstić information content (AvgIpc) is 2.56. The van der Waals surface area contributed by atoms with Gasteiger partial charge in [0.2, 0.25) is 0 Å². The number of fused-ring (bicyclic) bond motifs is 1. The number of sulfone groups is 1. The maximum atomic E-state index is 12.4. The molecule has 0 aromatic heterocycles. The van der Waals surface area contributed by atoms with Crippen LogP contribution in [0.25, 0.3) is 0 Å². The average molecular weight is 340 g/mol. The molecule has 1 aromatic carbocycles. The van der Waals surface area contributed by atoms with Crippen molar-refractivity contribution in [1.29, 1.82) is 0 Å². The van der Waals surface area contributed by atoms with E-state index in [4.69, 9.17) is 18.9 Å². The lowest BCUT2D eigenvalue weighted by Crippen LogP contribution is -2.49. The Balaban J connectivity index is 1.63. The van der Waals surface area contributed by atoms with E-state index in [1.165, 1.54) is 0 Å². The van der Waals surface area contributed by atoms with Crippen LogP contribution in [0.15, 0.2) is 47.4 Å². The second-order valence-corrected chi connectivity index (χ2v) is 7.38. The summed E-state index contributed by atoms with van der Waals surface area (Å²) < 4.78 is 47.0. The van der Waals surface area contributed by atoms with E-state index in [2.05, 4.69) is 0 Å². The lowest BCUT2D eigenvalue weighted by Gasteiger charge is -2.38. The van der Waals surface area contributed by atoms with Crippen molar-refractivity contribution in [2.45, 2.75) is 36.6 Å². The first kappa shape index (κ1) is 16.6. The van der Waals surface area contributed by atoms with Gasteiger partial charge >= 0.3 is 0 Å². The molecule has 2 aliphatic rings. The van der Waals surface area contributed by atoms with Gasteiger partial charge in [-0.05, 0) is 25.1 Å². The summed E-state index contributed by atoms with van der Waals surface area (Å²) in [7, 11) is -3.46. The third-order valence-electron chi connectivity index (χ3n) is 3.68. The quantitative estimate of drug-likeness (QED) is 0.757. The van der Waals surface area contributed by atoms with Crippen LogP contribution in [-0.2, 0) is 28.8 Å². The molecule has 3 rings (SSSR count). The Morgan fingerprint density at radius 3 is 2.70 bits per heavy atom. The number of hydrogen-bond acceptors (Lipinski definition) is 6. The third-order valence-corrected chi connectivity index (χ3v) is 5.38. The SMILES string of the molecule is CCO[C@@H]1C=C[C@@H]2O[C@H](CS(=O)(=O)c3ccccc3)OC[C@H]2O1. The first-order valence-electron chi connectivity index (χ1n) is 7.59. The zero-order valence-corrected chi connectivity index (χ0v) is 13.6. The second kappa shape index (κ2) is 7.11. The van der Waals surface area contributed by atoms with Crippen LogP contribution in [0.4, 0.5) is 0 Å². The number of rotatable bonds is 5. The molecule has 2 aliphatic heterocycles. The summed E-state index contributed by atoms with van der Waals surface area (Å²) >= 11 is 0. The van der Waals surface area contributed by atoms with E-state index < -0.39 is 22.4 Å². The molecular formula is C16H20O6S. The van der Waals surface area contributed by atoms with E-state index in [-0.39, 0.29) is 29.5 Å². The molecule has 0 bridgehead atoms. The van der Waals surface area contributed by atoms with Crippen LogP contribution in [-0.4, -0.2) is 52.2 Å². The summed E-state index contributed by atoms with van der Waals surface area (Å²) in [5.41, 5.74) is 0. The van der Waals surface area contributed by atoms with Crippen LogP contribution in [0, 0.1) is 0 Å². The van der Waals surface area contributed by atoms with Crippen molar-refractivity contribution in [3.8, 4) is 0 Å². The van der Waals surface area contributed by atoms with Crippen molar-refractivity contribution in [2.24, 2.45) is 0 Å². The Kier molecular flexibility index (Phi) is 5.13. The second-order valence-electron chi connectivity index (χ2n) is 5.34. The fourth-order valence-corrected chi connectivity index (χ4v) is 3.85. The Hall–Kier alpha value is -1.25. The molecule has 0 aliphatic carbocycles. The molecule has 126 valence electrons. The van der Waals surface area contributed by atoms with Gasteiger partial charge in [-0.2, -0.15) is 0 Å². The minimum absolute atomic E-state index is 0.219. The van der Waals surface area contributed by atoms with Crippen LogP contribution in [0.1, 0.15) is 6.92 Å². The minimum Gasteiger partial charge on any atom is -0.349 e.